The van der Waals surface area contributed by atoms with E-state index in [4.69, 9.17) is 4.42 Å². The summed E-state index contributed by atoms with van der Waals surface area (Å²) in [6, 6.07) is 16.1. The van der Waals surface area contributed by atoms with E-state index in [1.165, 1.54) is 0 Å². The van der Waals surface area contributed by atoms with Crippen LogP contribution in [0.15, 0.2) is 52.9 Å². The molecule has 0 saturated heterocycles. The summed E-state index contributed by atoms with van der Waals surface area (Å²) in [6.07, 6.45) is 0. The number of fused-ring (bicyclic) bond motifs is 3. The number of aryl methyl sites for hydroxylation is 1. The molecule has 0 unspecified atom stereocenters. The number of benzene rings is 2. The van der Waals surface area contributed by atoms with Gasteiger partial charge in [0.05, 0.1) is 5.39 Å². The first-order valence-corrected chi connectivity index (χ1v) is 8.47. The van der Waals surface area contributed by atoms with Crippen LogP contribution in [-0.4, -0.2) is 10.1 Å². The van der Waals surface area contributed by atoms with Gasteiger partial charge in [0.2, 0.25) is 5.71 Å². The zero-order valence-corrected chi connectivity index (χ0v) is 14.9. The standard InChI is InChI=1S/C22H21NO2/c1-13-10-15(14-8-6-5-7-9-14)20-16-11-17(22(2,3)4)18(24)12-19(16)25-21(20)23-13/h5-12,24H,1-4H3. The topological polar surface area (TPSA) is 46.3 Å². The summed E-state index contributed by atoms with van der Waals surface area (Å²) >= 11 is 0. The van der Waals surface area contributed by atoms with Crippen molar-refractivity contribution in [3.63, 3.8) is 0 Å². The lowest BCUT2D eigenvalue weighted by molar-refractivity contribution is 0.446. The van der Waals surface area contributed by atoms with Crippen LogP contribution in [0.5, 0.6) is 5.75 Å². The number of nitrogens with zero attached hydrogens (tertiary/aromatic N) is 1. The average molecular weight is 331 g/mol. The summed E-state index contributed by atoms with van der Waals surface area (Å²) in [5.74, 6) is 0.261. The zero-order chi connectivity index (χ0) is 17.8. The normalized spacial score (nSPS) is 12.2. The fourth-order valence-electron chi connectivity index (χ4n) is 3.38. The van der Waals surface area contributed by atoms with Crippen molar-refractivity contribution in [2.75, 3.05) is 0 Å². The van der Waals surface area contributed by atoms with Gasteiger partial charge < -0.3 is 9.52 Å². The van der Waals surface area contributed by atoms with Crippen LogP contribution in [0.25, 0.3) is 33.2 Å². The SMILES string of the molecule is Cc1cc(-c2ccccc2)c2c(n1)oc1cc(O)c(C(C)(C)C)cc12. The molecule has 0 atom stereocenters. The lowest BCUT2D eigenvalue weighted by Crippen LogP contribution is -2.11. The van der Waals surface area contributed by atoms with Crippen LogP contribution < -0.4 is 0 Å². The predicted molar refractivity (Wildman–Crippen MR) is 102 cm³/mol. The van der Waals surface area contributed by atoms with Crippen molar-refractivity contribution in [1.29, 1.82) is 0 Å². The fraction of sp³-hybridized carbons (Fsp3) is 0.227. The Hall–Kier alpha value is -2.81. The second kappa shape index (κ2) is 5.35. The van der Waals surface area contributed by atoms with Gasteiger partial charge in [0, 0.05) is 22.7 Å². The van der Waals surface area contributed by atoms with Gasteiger partial charge in [0.1, 0.15) is 11.3 Å². The molecule has 0 aliphatic carbocycles. The highest BCUT2D eigenvalue weighted by Crippen LogP contribution is 2.41. The lowest BCUT2D eigenvalue weighted by Gasteiger charge is -2.20. The van der Waals surface area contributed by atoms with E-state index in [-0.39, 0.29) is 11.2 Å². The maximum absolute atomic E-state index is 10.4. The van der Waals surface area contributed by atoms with Gasteiger partial charge in [-0.15, -0.1) is 0 Å². The molecule has 25 heavy (non-hydrogen) atoms. The van der Waals surface area contributed by atoms with Gasteiger partial charge in [-0.1, -0.05) is 51.1 Å². The molecule has 2 heterocycles. The molecule has 1 N–H and O–H groups in total. The Morgan fingerprint density at radius 2 is 1.72 bits per heavy atom. The number of hydrogen-bond donors (Lipinski definition) is 1. The molecule has 3 nitrogen and oxygen atoms in total. The van der Waals surface area contributed by atoms with E-state index in [2.05, 4.69) is 44.0 Å². The molecule has 0 bridgehead atoms. The summed E-state index contributed by atoms with van der Waals surface area (Å²) in [5, 5.41) is 12.4. The number of aromatic nitrogens is 1. The average Bonchev–Trinajstić information content (AvgIpc) is 2.89. The molecule has 2 aromatic heterocycles. The lowest BCUT2D eigenvalue weighted by atomic mass is 9.85. The Morgan fingerprint density at radius 3 is 2.40 bits per heavy atom. The van der Waals surface area contributed by atoms with Gasteiger partial charge in [-0.3, -0.25) is 0 Å². The molecule has 4 rings (SSSR count). The first-order chi connectivity index (χ1) is 11.8. The van der Waals surface area contributed by atoms with E-state index in [0.29, 0.717) is 11.3 Å². The van der Waals surface area contributed by atoms with Crippen LogP contribution in [0.2, 0.25) is 0 Å². The maximum atomic E-state index is 10.4. The monoisotopic (exact) mass is 331 g/mol. The first-order valence-electron chi connectivity index (χ1n) is 8.47. The molecule has 0 radical (unpaired) electrons. The van der Waals surface area contributed by atoms with Crippen molar-refractivity contribution in [3.8, 4) is 16.9 Å². The Kier molecular flexibility index (Phi) is 3.36. The predicted octanol–water partition coefficient (Wildman–Crippen LogP) is 5.96. The largest absolute Gasteiger partial charge is 0.508 e. The molecular formula is C22H21NO2. The third kappa shape index (κ3) is 2.56. The molecule has 2 aromatic carbocycles. The quantitative estimate of drug-likeness (QED) is 0.468. The zero-order valence-electron chi connectivity index (χ0n) is 14.9. The number of rotatable bonds is 1. The van der Waals surface area contributed by atoms with Gasteiger partial charge in [0.15, 0.2) is 0 Å². The van der Waals surface area contributed by atoms with Gasteiger partial charge in [-0.25, -0.2) is 4.98 Å². The molecule has 3 heteroatoms. The fourth-order valence-corrected chi connectivity index (χ4v) is 3.38. The van der Waals surface area contributed by atoms with Crippen LogP contribution in [-0.2, 0) is 5.41 Å². The van der Waals surface area contributed by atoms with Gasteiger partial charge in [-0.2, -0.15) is 0 Å². The highest BCUT2D eigenvalue weighted by Gasteiger charge is 2.22. The summed E-state index contributed by atoms with van der Waals surface area (Å²) < 4.78 is 5.97. The van der Waals surface area contributed by atoms with Crippen molar-refractivity contribution in [2.24, 2.45) is 0 Å². The molecule has 4 aromatic rings. The number of hydrogen-bond acceptors (Lipinski definition) is 3. The van der Waals surface area contributed by atoms with E-state index in [1.54, 1.807) is 6.07 Å². The third-order valence-corrected chi connectivity index (χ3v) is 4.58. The molecule has 0 saturated carbocycles. The van der Waals surface area contributed by atoms with Crippen LogP contribution in [0.4, 0.5) is 0 Å². The Bertz CT molecular complexity index is 1090. The second-order valence-corrected chi connectivity index (χ2v) is 7.57. The van der Waals surface area contributed by atoms with E-state index in [0.717, 1.165) is 33.2 Å². The van der Waals surface area contributed by atoms with Crippen molar-refractivity contribution in [2.45, 2.75) is 33.1 Å². The van der Waals surface area contributed by atoms with E-state index >= 15 is 0 Å². The number of pyridine rings is 1. The molecule has 0 aliphatic rings. The minimum absolute atomic E-state index is 0.160. The Morgan fingerprint density at radius 1 is 1.00 bits per heavy atom. The molecule has 126 valence electrons. The number of furan rings is 1. The highest BCUT2D eigenvalue weighted by atomic mass is 16.3. The maximum Gasteiger partial charge on any atom is 0.228 e. The van der Waals surface area contributed by atoms with E-state index < -0.39 is 0 Å². The van der Waals surface area contributed by atoms with Crippen LogP contribution in [0.3, 0.4) is 0 Å². The van der Waals surface area contributed by atoms with Crippen LogP contribution in [0, 0.1) is 6.92 Å². The molecule has 0 amide bonds. The van der Waals surface area contributed by atoms with Crippen LogP contribution >= 0.6 is 0 Å². The summed E-state index contributed by atoms with van der Waals surface area (Å²) in [5.41, 5.74) is 5.16. The van der Waals surface area contributed by atoms with Gasteiger partial charge in [-0.05, 0) is 35.6 Å². The van der Waals surface area contributed by atoms with Crippen molar-refractivity contribution in [1.82, 2.24) is 4.98 Å². The van der Waals surface area contributed by atoms with Crippen molar-refractivity contribution < 1.29 is 9.52 Å². The molecular weight excluding hydrogens is 310 g/mol. The van der Waals surface area contributed by atoms with Crippen molar-refractivity contribution >= 4 is 22.1 Å². The number of aromatic hydroxyl groups is 1. The summed E-state index contributed by atoms with van der Waals surface area (Å²) in [6.45, 7) is 8.25. The second-order valence-electron chi connectivity index (χ2n) is 7.57. The Labute approximate surface area is 146 Å². The number of phenols is 1. The van der Waals surface area contributed by atoms with E-state index in [9.17, 15) is 5.11 Å². The molecule has 0 spiro atoms. The number of phenolic OH excluding ortho intramolecular Hbond substituents is 1. The molecule has 0 fully saturated rings. The summed E-state index contributed by atoms with van der Waals surface area (Å²) in [4.78, 5) is 4.57. The molecule has 0 aliphatic heterocycles. The van der Waals surface area contributed by atoms with Gasteiger partial charge >= 0.3 is 0 Å². The van der Waals surface area contributed by atoms with Crippen molar-refractivity contribution in [3.05, 3.63) is 59.8 Å². The Balaban J connectivity index is 2.14. The smallest absolute Gasteiger partial charge is 0.228 e. The minimum Gasteiger partial charge on any atom is -0.508 e. The first kappa shape index (κ1) is 15.7. The minimum atomic E-state index is -0.160. The van der Waals surface area contributed by atoms with Crippen LogP contribution in [0.1, 0.15) is 32.0 Å². The third-order valence-electron chi connectivity index (χ3n) is 4.58. The summed E-state index contributed by atoms with van der Waals surface area (Å²) in [7, 11) is 0. The van der Waals surface area contributed by atoms with Gasteiger partial charge in [0.25, 0.3) is 0 Å². The highest BCUT2D eigenvalue weighted by molar-refractivity contribution is 6.11. The van der Waals surface area contributed by atoms with E-state index in [1.807, 2.05) is 31.2 Å².